The van der Waals surface area contributed by atoms with Crippen molar-refractivity contribution in [2.45, 2.75) is 31.4 Å². The molecule has 3 nitrogen and oxygen atoms in total. The fraction of sp³-hybridized carbons (Fsp3) is 0.667. The molecule has 0 spiro atoms. The van der Waals surface area contributed by atoms with Crippen LogP contribution >= 0.6 is 22.9 Å². The van der Waals surface area contributed by atoms with E-state index in [0.717, 1.165) is 30.3 Å². The summed E-state index contributed by atoms with van der Waals surface area (Å²) in [5, 5.41) is 3.48. The lowest BCUT2D eigenvalue weighted by molar-refractivity contribution is 0.0190. The van der Waals surface area contributed by atoms with Gasteiger partial charge in [0.05, 0.1) is 16.0 Å². The first kappa shape index (κ1) is 13.3. The van der Waals surface area contributed by atoms with E-state index >= 15 is 0 Å². The van der Waals surface area contributed by atoms with Crippen LogP contribution in [0.5, 0.6) is 0 Å². The smallest absolute Gasteiger partial charge is 0.0931 e. The predicted molar refractivity (Wildman–Crippen MR) is 72.7 cm³/mol. The van der Waals surface area contributed by atoms with Crippen molar-refractivity contribution in [2.75, 3.05) is 19.7 Å². The van der Waals surface area contributed by atoms with E-state index in [2.05, 4.69) is 12.2 Å². The summed E-state index contributed by atoms with van der Waals surface area (Å²) in [5.41, 5.74) is 5.77. The number of nitrogens with two attached hydrogens (primary N) is 1. The highest BCUT2D eigenvalue weighted by Gasteiger charge is 2.30. The largest absolute Gasteiger partial charge is 0.374 e. The molecule has 17 heavy (non-hydrogen) atoms. The van der Waals surface area contributed by atoms with E-state index in [1.807, 2.05) is 12.1 Å². The molecule has 1 aliphatic heterocycles. The summed E-state index contributed by atoms with van der Waals surface area (Å²) in [6.45, 7) is 4.44. The maximum absolute atomic E-state index is 5.94. The Hall–Kier alpha value is -0.130. The second kappa shape index (κ2) is 5.67. The fourth-order valence-corrected chi connectivity index (χ4v) is 3.28. The Morgan fingerprint density at radius 3 is 3.00 bits per heavy atom. The van der Waals surface area contributed by atoms with Gasteiger partial charge in [0.15, 0.2) is 0 Å². The second-order valence-electron chi connectivity index (χ2n) is 4.71. The molecule has 0 aromatic carbocycles. The van der Waals surface area contributed by atoms with Crippen LogP contribution in [0.15, 0.2) is 12.1 Å². The molecule has 0 radical (unpaired) electrons. The van der Waals surface area contributed by atoms with Crippen LogP contribution in [0.25, 0.3) is 0 Å². The third kappa shape index (κ3) is 3.42. The van der Waals surface area contributed by atoms with E-state index in [1.54, 1.807) is 11.3 Å². The Morgan fingerprint density at radius 1 is 1.65 bits per heavy atom. The van der Waals surface area contributed by atoms with Gasteiger partial charge in [-0.25, -0.2) is 0 Å². The number of rotatable bonds is 5. The molecule has 1 aromatic rings. The van der Waals surface area contributed by atoms with Gasteiger partial charge in [-0.1, -0.05) is 11.6 Å². The summed E-state index contributed by atoms with van der Waals surface area (Å²) < 4.78 is 6.56. The molecule has 2 unspecified atom stereocenters. The monoisotopic (exact) mass is 274 g/mol. The Morgan fingerprint density at radius 2 is 2.47 bits per heavy atom. The SMILES string of the molecule is CC1(CNC(CN)c2ccc(Cl)s2)CCCO1. The molecule has 0 aliphatic carbocycles. The summed E-state index contributed by atoms with van der Waals surface area (Å²) in [4.78, 5) is 1.19. The number of nitrogens with one attached hydrogen (secondary N) is 1. The topological polar surface area (TPSA) is 47.3 Å². The maximum atomic E-state index is 5.94. The molecule has 0 bridgehead atoms. The summed E-state index contributed by atoms with van der Waals surface area (Å²) >= 11 is 7.53. The first-order valence-corrected chi connectivity index (χ1v) is 7.15. The predicted octanol–water partition coefficient (Wildman–Crippen LogP) is 2.56. The van der Waals surface area contributed by atoms with Crippen LogP contribution in [0.1, 0.15) is 30.7 Å². The van der Waals surface area contributed by atoms with Gasteiger partial charge < -0.3 is 15.8 Å². The van der Waals surface area contributed by atoms with Gasteiger partial charge in [-0.15, -0.1) is 11.3 Å². The minimum atomic E-state index is -0.0333. The van der Waals surface area contributed by atoms with Crippen LogP contribution in [0, 0.1) is 0 Å². The minimum Gasteiger partial charge on any atom is -0.374 e. The molecule has 1 aromatic heterocycles. The Labute approximate surface area is 111 Å². The van der Waals surface area contributed by atoms with Crippen LogP contribution in [0.3, 0.4) is 0 Å². The van der Waals surface area contributed by atoms with Gasteiger partial charge in [-0.05, 0) is 31.9 Å². The zero-order valence-corrected chi connectivity index (χ0v) is 11.6. The summed E-state index contributed by atoms with van der Waals surface area (Å²) in [7, 11) is 0. The number of ether oxygens (including phenoxy) is 1. The minimum absolute atomic E-state index is 0.0333. The number of hydrogen-bond acceptors (Lipinski definition) is 4. The Balaban J connectivity index is 1.91. The molecular weight excluding hydrogens is 256 g/mol. The van der Waals surface area contributed by atoms with E-state index in [9.17, 15) is 0 Å². The third-order valence-electron chi connectivity index (χ3n) is 3.20. The molecule has 0 saturated carbocycles. The molecular formula is C12H19ClN2OS. The molecule has 96 valence electrons. The first-order valence-electron chi connectivity index (χ1n) is 5.96. The molecule has 2 atom stereocenters. The summed E-state index contributed by atoms with van der Waals surface area (Å²) in [6, 6.07) is 4.13. The first-order chi connectivity index (χ1) is 8.13. The van der Waals surface area contributed by atoms with E-state index in [-0.39, 0.29) is 11.6 Å². The van der Waals surface area contributed by atoms with Crippen LogP contribution in [0.2, 0.25) is 4.34 Å². The van der Waals surface area contributed by atoms with Crippen LogP contribution in [-0.2, 0) is 4.74 Å². The van der Waals surface area contributed by atoms with Gasteiger partial charge in [0.2, 0.25) is 0 Å². The van der Waals surface area contributed by atoms with Crippen molar-refractivity contribution < 1.29 is 4.74 Å². The van der Waals surface area contributed by atoms with Gasteiger partial charge in [-0.3, -0.25) is 0 Å². The Bertz CT molecular complexity index is 363. The average Bonchev–Trinajstić information content (AvgIpc) is 2.90. The molecule has 2 rings (SSSR count). The normalized spacial score (nSPS) is 26.3. The van der Waals surface area contributed by atoms with Crippen molar-refractivity contribution in [3.63, 3.8) is 0 Å². The summed E-state index contributed by atoms with van der Waals surface area (Å²) in [5.74, 6) is 0. The van der Waals surface area contributed by atoms with E-state index in [0.29, 0.717) is 6.54 Å². The lowest BCUT2D eigenvalue weighted by Gasteiger charge is -2.26. The van der Waals surface area contributed by atoms with Crippen LogP contribution < -0.4 is 11.1 Å². The van der Waals surface area contributed by atoms with Gasteiger partial charge in [0.1, 0.15) is 0 Å². The van der Waals surface area contributed by atoms with Crippen molar-refractivity contribution in [2.24, 2.45) is 5.73 Å². The fourth-order valence-electron chi connectivity index (χ4n) is 2.13. The summed E-state index contributed by atoms with van der Waals surface area (Å²) in [6.07, 6.45) is 2.26. The van der Waals surface area contributed by atoms with Gasteiger partial charge in [0.25, 0.3) is 0 Å². The molecule has 3 N–H and O–H groups in total. The zero-order chi connectivity index (χ0) is 12.3. The molecule has 1 aliphatic rings. The van der Waals surface area contributed by atoms with Crippen molar-refractivity contribution in [1.29, 1.82) is 0 Å². The quantitative estimate of drug-likeness (QED) is 0.868. The second-order valence-corrected chi connectivity index (χ2v) is 6.46. The van der Waals surface area contributed by atoms with E-state index < -0.39 is 0 Å². The zero-order valence-electron chi connectivity index (χ0n) is 10.0. The lowest BCUT2D eigenvalue weighted by atomic mass is 10.0. The number of hydrogen-bond donors (Lipinski definition) is 2. The highest BCUT2D eigenvalue weighted by Crippen LogP contribution is 2.28. The number of halogens is 1. The molecule has 2 heterocycles. The standard InChI is InChI=1S/C12H19ClN2OS/c1-12(5-2-6-16-12)8-15-9(7-14)10-3-4-11(13)17-10/h3-4,9,15H,2,5-8,14H2,1H3. The van der Waals surface area contributed by atoms with Crippen LogP contribution in [-0.4, -0.2) is 25.3 Å². The Kier molecular flexibility index (Phi) is 4.44. The third-order valence-corrected chi connectivity index (χ3v) is 4.54. The lowest BCUT2D eigenvalue weighted by Crippen LogP contribution is -2.40. The van der Waals surface area contributed by atoms with Crippen molar-refractivity contribution in [3.05, 3.63) is 21.3 Å². The van der Waals surface area contributed by atoms with E-state index in [1.165, 1.54) is 4.88 Å². The van der Waals surface area contributed by atoms with Crippen molar-refractivity contribution in [3.8, 4) is 0 Å². The number of thiophene rings is 1. The molecule has 1 fully saturated rings. The van der Waals surface area contributed by atoms with E-state index in [4.69, 9.17) is 22.1 Å². The highest BCUT2D eigenvalue weighted by molar-refractivity contribution is 7.16. The molecule has 5 heteroatoms. The van der Waals surface area contributed by atoms with Crippen LogP contribution in [0.4, 0.5) is 0 Å². The maximum Gasteiger partial charge on any atom is 0.0931 e. The van der Waals surface area contributed by atoms with Crippen molar-refractivity contribution in [1.82, 2.24) is 5.32 Å². The molecule has 0 amide bonds. The van der Waals surface area contributed by atoms with Crippen molar-refractivity contribution >= 4 is 22.9 Å². The average molecular weight is 275 g/mol. The molecule has 1 saturated heterocycles. The van der Waals surface area contributed by atoms with Gasteiger partial charge in [-0.2, -0.15) is 0 Å². The van der Waals surface area contributed by atoms with Gasteiger partial charge >= 0.3 is 0 Å². The highest BCUT2D eigenvalue weighted by atomic mass is 35.5. The van der Waals surface area contributed by atoms with Gasteiger partial charge in [0, 0.05) is 24.6 Å².